The molecule has 3 heteroatoms. The zero-order valence-corrected chi connectivity index (χ0v) is 14.1. The molecule has 124 valence electrons. The fourth-order valence-electron chi connectivity index (χ4n) is 2.80. The molecule has 0 bridgehead atoms. The molecule has 0 heterocycles. The number of aryl methyl sites for hydroxylation is 1. The maximum Gasteiger partial charge on any atom is 0.160 e. The fraction of sp³-hybridized carbons (Fsp3) is 0.632. The van der Waals surface area contributed by atoms with E-state index in [0.29, 0.717) is 6.54 Å². The zero-order valence-electron chi connectivity index (χ0n) is 14.1. The van der Waals surface area contributed by atoms with Gasteiger partial charge in [0.15, 0.2) is 5.78 Å². The van der Waals surface area contributed by atoms with E-state index in [1.807, 2.05) is 12.1 Å². The molecule has 22 heavy (non-hydrogen) atoms. The van der Waals surface area contributed by atoms with Gasteiger partial charge >= 0.3 is 0 Å². The predicted octanol–water partition coefficient (Wildman–Crippen LogP) is 3.65. The summed E-state index contributed by atoms with van der Waals surface area (Å²) >= 11 is 0. The van der Waals surface area contributed by atoms with Gasteiger partial charge in [-0.1, -0.05) is 44.4 Å². The van der Waals surface area contributed by atoms with Crippen molar-refractivity contribution < 1.29 is 9.90 Å². The summed E-state index contributed by atoms with van der Waals surface area (Å²) < 4.78 is 0. The van der Waals surface area contributed by atoms with Crippen molar-refractivity contribution in [1.82, 2.24) is 0 Å². The molecule has 3 nitrogen and oxygen atoms in total. The summed E-state index contributed by atoms with van der Waals surface area (Å²) in [4.78, 5) is 11.6. The maximum absolute atomic E-state index is 11.6. The lowest BCUT2D eigenvalue weighted by atomic mass is 9.96. The summed E-state index contributed by atoms with van der Waals surface area (Å²) in [5.74, 6) is 0.106. The molecule has 0 radical (unpaired) electrons. The van der Waals surface area contributed by atoms with Gasteiger partial charge in [-0.2, -0.15) is 0 Å². The zero-order chi connectivity index (χ0) is 16.4. The molecule has 1 rings (SSSR count). The van der Waals surface area contributed by atoms with Gasteiger partial charge in [0.05, 0.1) is 6.10 Å². The molecule has 0 aliphatic rings. The number of hydrogen-bond donors (Lipinski definition) is 2. The molecular weight excluding hydrogens is 274 g/mol. The summed E-state index contributed by atoms with van der Waals surface area (Å²) in [6.07, 6.45) is 7.78. The molecule has 0 saturated heterocycles. The Bertz CT molecular complexity index is 457. The molecule has 0 aliphatic carbocycles. The number of unbranched alkanes of at least 4 members (excludes halogenated alkanes) is 2. The van der Waals surface area contributed by atoms with E-state index >= 15 is 0 Å². The molecule has 0 aliphatic heterocycles. The number of aliphatic hydroxyl groups excluding tert-OH is 1. The molecule has 1 aromatic rings. The standard InChI is InChI=1S/C19H31NO2/c1-3-4-8-18(22)9-6-5-7-16-10-11-19(15(2)21)17(14-16)12-13-20/h10-11,14,18,22H,3-9,12-13,20H2,1-2H3/t18-/m0/s1. The van der Waals surface area contributed by atoms with Crippen LogP contribution in [0.1, 0.15) is 73.9 Å². The molecular formula is C19H31NO2. The fourth-order valence-corrected chi connectivity index (χ4v) is 2.80. The van der Waals surface area contributed by atoms with Crippen LogP contribution in [0.15, 0.2) is 18.2 Å². The van der Waals surface area contributed by atoms with Crippen LogP contribution in [0.4, 0.5) is 0 Å². The third kappa shape index (κ3) is 6.71. The van der Waals surface area contributed by atoms with Gasteiger partial charge in [0, 0.05) is 5.56 Å². The van der Waals surface area contributed by atoms with Crippen molar-refractivity contribution in [3.05, 3.63) is 34.9 Å². The van der Waals surface area contributed by atoms with Crippen molar-refractivity contribution >= 4 is 5.78 Å². The highest BCUT2D eigenvalue weighted by Crippen LogP contribution is 2.16. The minimum absolute atomic E-state index is 0.106. The second kappa shape index (κ2) is 10.5. The predicted molar refractivity (Wildman–Crippen MR) is 92.3 cm³/mol. The van der Waals surface area contributed by atoms with Crippen LogP contribution < -0.4 is 5.73 Å². The second-order valence-corrected chi connectivity index (χ2v) is 6.13. The number of hydrogen-bond acceptors (Lipinski definition) is 3. The van der Waals surface area contributed by atoms with Crippen molar-refractivity contribution in [2.45, 2.75) is 71.3 Å². The lowest BCUT2D eigenvalue weighted by molar-refractivity contribution is 0.101. The molecule has 1 atom stereocenters. The number of rotatable bonds is 11. The quantitative estimate of drug-likeness (QED) is 0.484. The Morgan fingerprint density at radius 3 is 2.55 bits per heavy atom. The van der Waals surface area contributed by atoms with E-state index in [9.17, 15) is 9.90 Å². The van der Waals surface area contributed by atoms with E-state index in [2.05, 4.69) is 13.0 Å². The topological polar surface area (TPSA) is 63.3 Å². The smallest absolute Gasteiger partial charge is 0.160 e. The first-order valence-electron chi connectivity index (χ1n) is 8.59. The number of nitrogens with two attached hydrogens (primary N) is 1. The molecule has 3 N–H and O–H groups in total. The van der Waals surface area contributed by atoms with E-state index in [1.165, 1.54) is 5.56 Å². The molecule has 0 aromatic heterocycles. The van der Waals surface area contributed by atoms with Gasteiger partial charge < -0.3 is 10.8 Å². The Kier molecular flexibility index (Phi) is 9.02. The van der Waals surface area contributed by atoms with E-state index in [-0.39, 0.29) is 11.9 Å². The van der Waals surface area contributed by atoms with Crippen LogP contribution >= 0.6 is 0 Å². The lowest BCUT2D eigenvalue weighted by Gasteiger charge is -2.11. The Morgan fingerprint density at radius 1 is 1.18 bits per heavy atom. The Labute approximate surface area is 134 Å². The van der Waals surface area contributed by atoms with Gasteiger partial charge in [-0.25, -0.2) is 0 Å². The first-order chi connectivity index (χ1) is 10.6. The van der Waals surface area contributed by atoms with Crippen molar-refractivity contribution in [3.8, 4) is 0 Å². The minimum Gasteiger partial charge on any atom is -0.393 e. The SMILES string of the molecule is CCCC[C@H](O)CCCCc1ccc(C(C)=O)c(CCN)c1. The number of benzene rings is 1. The Hall–Kier alpha value is -1.19. The maximum atomic E-state index is 11.6. The van der Waals surface area contributed by atoms with Crippen molar-refractivity contribution in [2.75, 3.05) is 6.54 Å². The second-order valence-electron chi connectivity index (χ2n) is 6.13. The third-order valence-corrected chi connectivity index (χ3v) is 4.11. The van der Waals surface area contributed by atoms with Crippen LogP contribution in [0.2, 0.25) is 0 Å². The largest absolute Gasteiger partial charge is 0.393 e. The van der Waals surface area contributed by atoms with Crippen LogP contribution in [-0.2, 0) is 12.8 Å². The highest BCUT2D eigenvalue weighted by Gasteiger charge is 2.08. The van der Waals surface area contributed by atoms with Crippen molar-refractivity contribution in [1.29, 1.82) is 0 Å². The summed E-state index contributed by atoms with van der Waals surface area (Å²) in [6, 6.07) is 6.10. The lowest BCUT2D eigenvalue weighted by Crippen LogP contribution is -2.08. The van der Waals surface area contributed by atoms with E-state index < -0.39 is 0 Å². The van der Waals surface area contributed by atoms with Crippen LogP contribution in [0.25, 0.3) is 0 Å². The summed E-state index contributed by atoms with van der Waals surface area (Å²) in [7, 11) is 0. The number of Topliss-reactive ketones (excluding diaryl/α,β-unsaturated/α-hetero) is 1. The molecule has 0 unspecified atom stereocenters. The number of ketones is 1. The Balaban J connectivity index is 2.46. The Morgan fingerprint density at radius 2 is 1.91 bits per heavy atom. The average Bonchev–Trinajstić information content (AvgIpc) is 2.49. The molecule has 0 spiro atoms. The first-order valence-corrected chi connectivity index (χ1v) is 8.59. The van der Waals surface area contributed by atoms with Crippen LogP contribution in [0.3, 0.4) is 0 Å². The van der Waals surface area contributed by atoms with Crippen LogP contribution in [0, 0.1) is 0 Å². The van der Waals surface area contributed by atoms with Crippen LogP contribution in [0.5, 0.6) is 0 Å². The highest BCUT2D eigenvalue weighted by atomic mass is 16.3. The molecule has 1 aromatic carbocycles. The van der Waals surface area contributed by atoms with Gasteiger partial charge in [0.1, 0.15) is 0 Å². The van der Waals surface area contributed by atoms with E-state index in [4.69, 9.17) is 5.73 Å². The first kappa shape index (κ1) is 18.9. The summed E-state index contributed by atoms with van der Waals surface area (Å²) in [5.41, 5.74) is 8.76. The van der Waals surface area contributed by atoms with Crippen molar-refractivity contribution in [2.24, 2.45) is 5.73 Å². The normalized spacial score (nSPS) is 12.4. The van der Waals surface area contributed by atoms with Crippen molar-refractivity contribution in [3.63, 3.8) is 0 Å². The monoisotopic (exact) mass is 305 g/mol. The summed E-state index contributed by atoms with van der Waals surface area (Å²) in [6.45, 7) is 4.32. The van der Waals surface area contributed by atoms with Crippen LogP contribution in [-0.4, -0.2) is 23.5 Å². The van der Waals surface area contributed by atoms with Gasteiger partial charge in [0.25, 0.3) is 0 Å². The van der Waals surface area contributed by atoms with Gasteiger partial charge in [-0.15, -0.1) is 0 Å². The number of carbonyl (C=O) groups is 1. The summed E-state index contributed by atoms with van der Waals surface area (Å²) in [5, 5.41) is 9.84. The number of carbonyl (C=O) groups excluding carboxylic acids is 1. The highest BCUT2D eigenvalue weighted by molar-refractivity contribution is 5.95. The van der Waals surface area contributed by atoms with E-state index in [1.54, 1.807) is 6.92 Å². The van der Waals surface area contributed by atoms with Gasteiger partial charge in [0.2, 0.25) is 0 Å². The molecule has 0 fully saturated rings. The van der Waals surface area contributed by atoms with Gasteiger partial charge in [-0.05, 0) is 56.7 Å². The number of aliphatic hydroxyl groups is 1. The average molecular weight is 305 g/mol. The van der Waals surface area contributed by atoms with Gasteiger partial charge in [-0.3, -0.25) is 4.79 Å². The minimum atomic E-state index is -0.146. The van der Waals surface area contributed by atoms with E-state index in [0.717, 1.165) is 62.5 Å². The third-order valence-electron chi connectivity index (χ3n) is 4.11. The molecule has 0 amide bonds. The molecule has 0 saturated carbocycles.